The number of nitrogens with zero attached hydrogens (tertiary/aromatic N) is 3. The van der Waals surface area contributed by atoms with Gasteiger partial charge in [0, 0.05) is 6.42 Å². The second-order valence-electron chi connectivity index (χ2n) is 6.42. The first-order chi connectivity index (χ1) is 13.3. The molecule has 0 fully saturated rings. The third-order valence-corrected chi connectivity index (χ3v) is 6.04. The highest BCUT2D eigenvalue weighted by Gasteiger charge is 2.41. The van der Waals surface area contributed by atoms with Crippen LogP contribution in [0.15, 0.2) is 12.1 Å². The van der Waals surface area contributed by atoms with Gasteiger partial charge in [0.2, 0.25) is 11.0 Å². The molecule has 1 aromatic heterocycles. The van der Waals surface area contributed by atoms with Gasteiger partial charge in [-0.1, -0.05) is 54.3 Å². The van der Waals surface area contributed by atoms with Gasteiger partial charge in [-0.2, -0.15) is 0 Å². The van der Waals surface area contributed by atoms with Crippen molar-refractivity contribution >= 4 is 57.4 Å². The molecule has 1 aliphatic heterocycles. The van der Waals surface area contributed by atoms with Gasteiger partial charge in [0.05, 0.1) is 21.2 Å². The van der Waals surface area contributed by atoms with Crippen molar-refractivity contribution in [3.8, 4) is 0 Å². The van der Waals surface area contributed by atoms with Gasteiger partial charge in [0.25, 0.3) is 11.8 Å². The molecule has 0 saturated carbocycles. The lowest BCUT2D eigenvalue weighted by Crippen LogP contribution is -2.45. The van der Waals surface area contributed by atoms with Crippen LogP contribution in [0.5, 0.6) is 0 Å². The van der Waals surface area contributed by atoms with Gasteiger partial charge in [-0.3, -0.25) is 24.6 Å². The molecule has 10 heteroatoms. The Morgan fingerprint density at radius 2 is 1.75 bits per heavy atom. The molecule has 2 heterocycles. The maximum absolute atomic E-state index is 12.6. The Labute approximate surface area is 176 Å². The number of nitrogens with one attached hydrogen (secondary N) is 1. The standard InChI is InChI=1S/C18H18Cl2N4O3S/c1-3-4-5-6-14-22-23-18(28-14)21-15(25)9(2)24-16(26)10-7-12(19)13(20)8-11(10)17(24)27/h7-9H,3-6H2,1-2H3,(H,21,23,25)/t9-/m0/s1. The zero-order valence-corrected chi connectivity index (χ0v) is 17.6. The maximum Gasteiger partial charge on any atom is 0.262 e. The van der Waals surface area contributed by atoms with Gasteiger partial charge in [-0.15, -0.1) is 10.2 Å². The van der Waals surface area contributed by atoms with E-state index < -0.39 is 23.8 Å². The Hall–Kier alpha value is -2.03. The van der Waals surface area contributed by atoms with E-state index in [9.17, 15) is 14.4 Å². The zero-order chi connectivity index (χ0) is 20.4. The lowest BCUT2D eigenvalue weighted by atomic mass is 10.1. The topological polar surface area (TPSA) is 92.3 Å². The molecule has 3 rings (SSSR count). The molecule has 2 aromatic rings. The fourth-order valence-electron chi connectivity index (χ4n) is 2.86. The summed E-state index contributed by atoms with van der Waals surface area (Å²) in [6.07, 6.45) is 4.02. The number of anilines is 1. The smallest absolute Gasteiger partial charge is 0.262 e. The summed E-state index contributed by atoms with van der Waals surface area (Å²) in [4.78, 5) is 38.7. The van der Waals surface area contributed by atoms with E-state index in [0.29, 0.717) is 5.13 Å². The molecular formula is C18H18Cl2N4O3S. The minimum atomic E-state index is -1.03. The third kappa shape index (κ3) is 4.04. The molecule has 1 atom stereocenters. The number of imide groups is 1. The number of amides is 3. The summed E-state index contributed by atoms with van der Waals surface area (Å²) in [5.41, 5.74) is 0.265. The summed E-state index contributed by atoms with van der Waals surface area (Å²) in [6.45, 7) is 3.59. The first-order valence-corrected chi connectivity index (χ1v) is 10.4. The molecule has 148 valence electrons. The monoisotopic (exact) mass is 440 g/mol. The van der Waals surface area contributed by atoms with Crippen molar-refractivity contribution in [2.24, 2.45) is 0 Å². The average Bonchev–Trinajstić information content (AvgIpc) is 3.19. The molecule has 1 aromatic carbocycles. The largest absolute Gasteiger partial charge is 0.299 e. The van der Waals surface area contributed by atoms with Crippen LogP contribution in [-0.2, 0) is 11.2 Å². The van der Waals surface area contributed by atoms with Crippen LogP contribution >= 0.6 is 34.5 Å². The quantitative estimate of drug-likeness (QED) is 0.514. The van der Waals surface area contributed by atoms with Crippen molar-refractivity contribution in [2.75, 3.05) is 5.32 Å². The van der Waals surface area contributed by atoms with Crippen molar-refractivity contribution in [2.45, 2.75) is 45.6 Å². The van der Waals surface area contributed by atoms with Crippen LogP contribution < -0.4 is 5.32 Å². The van der Waals surface area contributed by atoms with Gasteiger partial charge >= 0.3 is 0 Å². The van der Waals surface area contributed by atoms with Crippen LogP contribution in [0.3, 0.4) is 0 Å². The molecule has 1 aliphatic rings. The first kappa shape index (κ1) is 20.7. The van der Waals surface area contributed by atoms with E-state index in [1.807, 2.05) is 0 Å². The number of aromatic nitrogens is 2. The first-order valence-electron chi connectivity index (χ1n) is 8.83. The normalized spacial score (nSPS) is 14.4. The van der Waals surface area contributed by atoms with Crippen LogP contribution in [0.25, 0.3) is 0 Å². The number of rotatable bonds is 7. The number of hydrogen-bond acceptors (Lipinski definition) is 6. The molecule has 1 N–H and O–H groups in total. The predicted octanol–water partition coefficient (Wildman–Crippen LogP) is 4.20. The van der Waals surface area contributed by atoms with Crippen LogP contribution in [0.2, 0.25) is 10.0 Å². The molecule has 0 spiro atoms. The van der Waals surface area contributed by atoms with Gasteiger partial charge in [0.15, 0.2) is 0 Å². The van der Waals surface area contributed by atoms with Crippen molar-refractivity contribution in [3.63, 3.8) is 0 Å². The summed E-state index contributed by atoms with van der Waals surface area (Å²) in [7, 11) is 0. The predicted molar refractivity (Wildman–Crippen MR) is 108 cm³/mol. The number of halogens is 2. The Morgan fingerprint density at radius 1 is 1.14 bits per heavy atom. The minimum Gasteiger partial charge on any atom is -0.299 e. The number of fused-ring (bicyclic) bond motifs is 1. The summed E-state index contributed by atoms with van der Waals surface area (Å²) in [6, 6.07) is 1.66. The lowest BCUT2D eigenvalue weighted by Gasteiger charge is -2.20. The highest BCUT2D eigenvalue weighted by atomic mass is 35.5. The number of carbonyl (C=O) groups excluding carboxylic acids is 3. The highest BCUT2D eigenvalue weighted by molar-refractivity contribution is 7.15. The Balaban J connectivity index is 1.70. The van der Waals surface area contributed by atoms with E-state index in [4.69, 9.17) is 23.2 Å². The number of unbranched alkanes of at least 4 members (excludes halogenated alkanes) is 2. The second-order valence-corrected chi connectivity index (χ2v) is 8.29. The third-order valence-electron chi connectivity index (χ3n) is 4.42. The molecule has 3 amide bonds. The Bertz CT molecular complexity index is 906. The Morgan fingerprint density at radius 3 is 2.32 bits per heavy atom. The van der Waals surface area contributed by atoms with Gasteiger partial charge in [-0.05, 0) is 25.5 Å². The van der Waals surface area contributed by atoms with E-state index in [1.54, 1.807) is 0 Å². The molecule has 0 bridgehead atoms. The fourth-order valence-corrected chi connectivity index (χ4v) is 3.97. The molecule has 7 nitrogen and oxygen atoms in total. The van der Waals surface area contributed by atoms with Crippen molar-refractivity contribution < 1.29 is 14.4 Å². The van der Waals surface area contributed by atoms with Crippen LogP contribution in [0.1, 0.15) is 58.8 Å². The van der Waals surface area contributed by atoms with Crippen molar-refractivity contribution in [3.05, 3.63) is 38.3 Å². The molecular weight excluding hydrogens is 423 g/mol. The van der Waals surface area contributed by atoms with E-state index in [1.165, 1.54) is 30.4 Å². The molecule has 0 saturated heterocycles. The van der Waals surface area contributed by atoms with E-state index >= 15 is 0 Å². The molecule has 0 aliphatic carbocycles. The lowest BCUT2D eigenvalue weighted by molar-refractivity contribution is -0.119. The number of hydrogen-bond donors (Lipinski definition) is 1. The molecule has 0 unspecified atom stereocenters. The zero-order valence-electron chi connectivity index (χ0n) is 15.3. The summed E-state index contributed by atoms with van der Waals surface area (Å²) in [5.74, 6) is -1.69. The fraction of sp³-hybridized carbons (Fsp3) is 0.389. The van der Waals surface area contributed by atoms with E-state index in [-0.39, 0.29) is 21.2 Å². The second kappa shape index (κ2) is 8.55. The summed E-state index contributed by atoms with van der Waals surface area (Å²) >= 11 is 13.2. The summed E-state index contributed by atoms with van der Waals surface area (Å²) < 4.78 is 0. The van der Waals surface area contributed by atoms with E-state index in [2.05, 4.69) is 22.4 Å². The SMILES string of the molecule is CCCCCc1nnc(NC(=O)[C@H](C)N2C(=O)c3cc(Cl)c(Cl)cc3C2=O)s1. The van der Waals surface area contributed by atoms with Crippen molar-refractivity contribution in [1.82, 2.24) is 15.1 Å². The van der Waals surface area contributed by atoms with Crippen LogP contribution in [-0.4, -0.2) is 38.9 Å². The summed E-state index contributed by atoms with van der Waals surface area (Å²) in [5, 5.41) is 12.2. The highest BCUT2D eigenvalue weighted by Crippen LogP contribution is 2.32. The number of carbonyl (C=O) groups is 3. The van der Waals surface area contributed by atoms with Crippen LogP contribution in [0, 0.1) is 0 Å². The molecule has 28 heavy (non-hydrogen) atoms. The Kier molecular flexibility index (Phi) is 6.32. The minimum absolute atomic E-state index is 0.133. The van der Waals surface area contributed by atoms with Crippen LogP contribution in [0.4, 0.5) is 5.13 Å². The average molecular weight is 441 g/mol. The van der Waals surface area contributed by atoms with Gasteiger partial charge in [0.1, 0.15) is 11.0 Å². The number of benzene rings is 1. The van der Waals surface area contributed by atoms with Crippen molar-refractivity contribution in [1.29, 1.82) is 0 Å². The number of aryl methyl sites for hydroxylation is 1. The van der Waals surface area contributed by atoms with E-state index in [0.717, 1.165) is 35.6 Å². The molecule has 0 radical (unpaired) electrons. The maximum atomic E-state index is 12.6. The van der Waals surface area contributed by atoms with Gasteiger partial charge < -0.3 is 0 Å². The van der Waals surface area contributed by atoms with Gasteiger partial charge in [-0.25, -0.2) is 0 Å².